The highest BCUT2D eigenvalue weighted by molar-refractivity contribution is 6.30. The van der Waals surface area contributed by atoms with Crippen LogP contribution < -0.4 is 0 Å². The second-order valence-electron chi connectivity index (χ2n) is 5.57. The normalized spacial score (nSPS) is 11.4. The number of carbonyl (C=O) groups is 1. The van der Waals surface area contributed by atoms with Gasteiger partial charge in [0.2, 0.25) is 5.91 Å². The lowest BCUT2D eigenvalue weighted by atomic mass is 10.1. The summed E-state index contributed by atoms with van der Waals surface area (Å²) in [5.74, 6) is -0.0650. The van der Waals surface area contributed by atoms with Gasteiger partial charge >= 0.3 is 6.18 Å². The van der Waals surface area contributed by atoms with Gasteiger partial charge in [-0.3, -0.25) is 4.79 Å². The van der Waals surface area contributed by atoms with E-state index < -0.39 is 11.7 Å². The first-order valence-corrected chi connectivity index (χ1v) is 7.78. The van der Waals surface area contributed by atoms with Crippen LogP contribution in [-0.2, 0) is 23.9 Å². The average molecular weight is 356 g/mol. The van der Waals surface area contributed by atoms with Crippen LogP contribution in [0, 0.1) is 0 Å². The van der Waals surface area contributed by atoms with Crippen LogP contribution in [0.5, 0.6) is 0 Å². The van der Waals surface area contributed by atoms with Gasteiger partial charge in [0.05, 0.1) is 5.56 Å². The molecule has 0 bridgehead atoms. The van der Waals surface area contributed by atoms with Crippen molar-refractivity contribution in [2.75, 3.05) is 7.05 Å². The summed E-state index contributed by atoms with van der Waals surface area (Å²) in [6, 6.07) is 12.1. The van der Waals surface area contributed by atoms with Crippen LogP contribution in [0.15, 0.2) is 48.5 Å². The Balaban J connectivity index is 1.88. The number of rotatable bonds is 5. The molecular weight excluding hydrogens is 339 g/mol. The van der Waals surface area contributed by atoms with Gasteiger partial charge in [0, 0.05) is 25.0 Å². The zero-order chi connectivity index (χ0) is 17.7. The van der Waals surface area contributed by atoms with E-state index >= 15 is 0 Å². The van der Waals surface area contributed by atoms with Gasteiger partial charge in [-0.15, -0.1) is 0 Å². The summed E-state index contributed by atoms with van der Waals surface area (Å²) >= 11 is 5.81. The predicted octanol–water partition coefficient (Wildman–Crippen LogP) is 4.95. The number of hydrogen-bond donors (Lipinski definition) is 0. The van der Waals surface area contributed by atoms with Gasteiger partial charge in [0.25, 0.3) is 0 Å². The lowest BCUT2D eigenvalue weighted by molar-refractivity contribution is -0.137. The second-order valence-corrected chi connectivity index (χ2v) is 6.01. The molecule has 0 saturated carbocycles. The fraction of sp³-hybridized carbons (Fsp3) is 0.278. The molecular formula is C18H17ClF3NO. The number of benzene rings is 2. The molecule has 0 aliphatic rings. The Hall–Kier alpha value is -2.01. The number of hydrogen-bond acceptors (Lipinski definition) is 1. The third kappa shape index (κ3) is 5.27. The SMILES string of the molecule is CN(Cc1ccc(C(F)(F)F)cc1)C(=O)CCc1ccc(Cl)cc1. The van der Waals surface area contributed by atoms with Crippen LogP contribution in [-0.4, -0.2) is 17.9 Å². The minimum Gasteiger partial charge on any atom is -0.341 e. The summed E-state index contributed by atoms with van der Waals surface area (Å²) in [6.07, 6.45) is -3.43. The molecule has 2 rings (SSSR count). The van der Waals surface area contributed by atoms with Crippen molar-refractivity contribution in [3.05, 3.63) is 70.2 Å². The van der Waals surface area contributed by atoms with Crippen LogP contribution in [0.4, 0.5) is 13.2 Å². The van der Waals surface area contributed by atoms with E-state index in [0.717, 1.165) is 17.7 Å². The van der Waals surface area contributed by atoms with Gasteiger partial charge in [-0.25, -0.2) is 0 Å². The van der Waals surface area contributed by atoms with Crippen LogP contribution >= 0.6 is 11.6 Å². The number of carbonyl (C=O) groups excluding carboxylic acids is 1. The molecule has 2 aromatic carbocycles. The standard InChI is InChI=1S/C18H17ClF3NO/c1-23(12-14-2-7-15(8-3-14)18(20,21)22)17(24)11-6-13-4-9-16(19)10-5-13/h2-5,7-10H,6,11-12H2,1H3. The van der Waals surface area contributed by atoms with Gasteiger partial charge in [0.15, 0.2) is 0 Å². The molecule has 6 heteroatoms. The molecule has 1 amide bonds. The van der Waals surface area contributed by atoms with Crippen molar-refractivity contribution in [1.82, 2.24) is 4.90 Å². The molecule has 0 spiro atoms. The smallest absolute Gasteiger partial charge is 0.341 e. The van der Waals surface area contributed by atoms with Crippen LogP contribution in [0.1, 0.15) is 23.1 Å². The summed E-state index contributed by atoms with van der Waals surface area (Å²) in [4.78, 5) is 13.6. The maximum atomic E-state index is 12.5. The number of amides is 1. The summed E-state index contributed by atoms with van der Waals surface area (Å²) in [5.41, 5.74) is 0.976. The zero-order valence-corrected chi connectivity index (χ0v) is 13.9. The molecule has 0 heterocycles. The van der Waals surface area contributed by atoms with Crippen LogP contribution in [0.2, 0.25) is 5.02 Å². The lowest BCUT2D eigenvalue weighted by Crippen LogP contribution is -2.26. The van der Waals surface area contributed by atoms with Crippen molar-refractivity contribution in [3.8, 4) is 0 Å². The van der Waals surface area contributed by atoms with Crippen molar-refractivity contribution in [1.29, 1.82) is 0 Å². The Labute approximate surface area is 143 Å². The summed E-state index contributed by atoms with van der Waals surface area (Å²) in [7, 11) is 1.64. The highest BCUT2D eigenvalue weighted by Gasteiger charge is 2.29. The molecule has 128 valence electrons. The van der Waals surface area contributed by atoms with E-state index in [0.29, 0.717) is 23.4 Å². The van der Waals surface area contributed by atoms with E-state index in [9.17, 15) is 18.0 Å². The third-order valence-corrected chi connectivity index (χ3v) is 3.92. The van der Waals surface area contributed by atoms with E-state index in [1.807, 2.05) is 12.1 Å². The maximum Gasteiger partial charge on any atom is 0.416 e. The molecule has 0 radical (unpaired) electrons. The maximum absolute atomic E-state index is 12.5. The Morgan fingerprint density at radius 2 is 1.54 bits per heavy atom. The zero-order valence-electron chi connectivity index (χ0n) is 13.1. The topological polar surface area (TPSA) is 20.3 Å². The fourth-order valence-electron chi connectivity index (χ4n) is 2.25. The summed E-state index contributed by atoms with van der Waals surface area (Å²) in [6.45, 7) is 0.275. The number of halogens is 4. The molecule has 2 nitrogen and oxygen atoms in total. The molecule has 0 unspecified atom stereocenters. The van der Waals surface area contributed by atoms with Crippen molar-refractivity contribution in [2.24, 2.45) is 0 Å². The Morgan fingerprint density at radius 3 is 2.08 bits per heavy atom. The molecule has 0 fully saturated rings. The fourth-order valence-corrected chi connectivity index (χ4v) is 2.38. The van der Waals surface area contributed by atoms with Gasteiger partial charge in [0.1, 0.15) is 0 Å². The number of aryl methyl sites for hydroxylation is 1. The average Bonchev–Trinajstić information content (AvgIpc) is 2.53. The largest absolute Gasteiger partial charge is 0.416 e. The van der Waals surface area contributed by atoms with E-state index in [1.54, 1.807) is 19.2 Å². The summed E-state index contributed by atoms with van der Waals surface area (Å²) < 4.78 is 37.6. The first kappa shape index (κ1) is 18.3. The van der Waals surface area contributed by atoms with Crippen molar-refractivity contribution in [3.63, 3.8) is 0 Å². The van der Waals surface area contributed by atoms with Gasteiger partial charge < -0.3 is 4.90 Å². The third-order valence-electron chi connectivity index (χ3n) is 3.67. The number of nitrogens with zero attached hydrogens (tertiary/aromatic N) is 1. The molecule has 0 N–H and O–H groups in total. The first-order chi connectivity index (χ1) is 11.3. The Bertz CT molecular complexity index is 681. The quantitative estimate of drug-likeness (QED) is 0.743. The van der Waals surface area contributed by atoms with E-state index in [2.05, 4.69) is 0 Å². The molecule has 24 heavy (non-hydrogen) atoms. The Kier molecular flexibility index (Phi) is 5.89. The predicted molar refractivity (Wildman–Crippen MR) is 87.7 cm³/mol. The monoisotopic (exact) mass is 355 g/mol. The van der Waals surface area contributed by atoms with Crippen LogP contribution in [0.3, 0.4) is 0 Å². The van der Waals surface area contributed by atoms with E-state index in [-0.39, 0.29) is 12.5 Å². The molecule has 0 saturated heterocycles. The molecule has 0 aromatic heterocycles. The van der Waals surface area contributed by atoms with Crippen molar-refractivity contribution in [2.45, 2.75) is 25.6 Å². The van der Waals surface area contributed by atoms with E-state index in [1.165, 1.54) is 17.0 Å². The molecule has 0 aliphatic carbocycles. The van der Waals surface area contributed by atoms with Gasteiger partial charge in [-0.1, -0.05) is 35.9 Å². The molecule has 2 aromatic rings. The molecule has 0 atom stereocenters. The highest BCUT2D eigenvalue weighted by Crippen LogP contribution is 2.29. The van der Waals surface area contributed by atoms with E-state index in [4.69, 9.17) is 11.6 Å². The number of alkyl halides is 3. The summed E-state index contributed by atoms with van der Waals surface area (Å²) in [5, 5.41) is 0.643. The lowest BCUT2D eigenvalue weighted by Gasteiger charge is -2.18. The first-order valence-electron chi connectivity index (χ1n) is 7.40. The molecule has 0 aliphatic heterocycles. The highest BCUT2D eigenvalue weighted by atomic mass is 35.5. The van der Waals surface area contributed by atoms with Gasteiger partial charge in [-0.2, -0.15) is 13.2 Å². The minimum absolute atomic E-state index is 0.0650. The minimum atomic E-state index is -4.35. The van der Waals surface area contributed by atoms with Crippen molar-refractivity contribution >= 4 is 17.5 Å². The van der Waals surface area contributed by atoms with Crippen molar-refractivity contribution < 1.29 is 18.0 Å². The van der Waals surface area contributed by atoms with Gasteiger partial charge in [-0.05, 0) is 41.8 Å². The Morgan fingerprint density at radius 1 is 1.00 bits per heavy atom. The van der Waals surface area contributed by atoms with Crippen LogP contribution in [0.25, 0.3) is 0 Å². The second kappa shape index (κ2) is 7.71.